The molecule has 0 saturated carbocycles. The molecule has 0 amide bonds. The molecular weight excluding hydrogens is 226 g/mol. The van der Waals surface area contributed by atoms with Crippen molar-refractivity contribution in [3.8, 4) is 0 Å². The molecule has 2 aromatic rings. The van der Waals surface area contributed by atoms with E-state index in [-0.39, 0.29) is 0 Å². The minimum Gasteiger partial charge on any atom is -0.256 e. The lowest BCUT2D eigenvalue weighted by molar-refractivity contribution is 0.371. The summed E-state index contributed by atoms with van der Waals surface area (Å²) in [4.78, 5) is 0. The molecule has 5 nitrogen and oxygen atoms in total. The number of rotatable bonds is 3. The van der Waals surface area contributed by atoms with Crippen molar-refractivity contribution >= 4 is 17.5 Å². The van der Waals surface area contributed by atoms with Crippen LogP contribution in [0.25, 0.3) is 0 Å². The molecule has 0 aliphatic rings. The largest absolute Gasteiger partial charge is 0.367 e. The van der Waals surface area contributed by atoms with Gasteiger partial charge in [-0.3, -0.25) is 4.48 Å². The van der Waals surface area contributed by atoms with Crippen LogP contribution in [0, 0.1) is 0 Å². The van der Waals surface area contributed by atoms with Crippen LogP contribution in [0.4, 0.5) is 5.95 Å². The maximum atomic E-state index is 5.94. The second-order valence-electron chi connectivity index (χ2n) is 4.18. The number of benzene rings is 1. The third-order valence-electron chi connectivity index (χ3n) is 2.34. The molecule has 0 fully saturated rings. The first-order valence-electron chi connectivity index (χ1n) is 4.89. The van der Waals surface area contributed by atoms with E-state index in [1.807, 2.05) is 38.4 Å². The lowest BCUT2D eigenvalue weighted by Crippen LogP contribution is -2.40. The van der Waals surface area contributed by atoms with E-state index in [2.05, 4.69) is 20.6 Å². The summed E-state index contributed by atoms with van der Waals surface area (Å²) in [6, 6.07) is 7.78. The molecule has 1 heterocycles. The van der Waals surface area contributed by atoms with Gasteiger partial charge in [-0.05, 0) is 17.3 Å². The van der Waals surface area contributed by atoms with E-state index in [0.29, 0.717) is 10.4 Å². The van der Waals surface area contributed by atoms with Crippen LogP contribution >= 0.6 is 11.6 Å². The van der Waals surface area contributed by atoms with Gasteiger partial charge in [-0.2, -0.15) is 5.21 Å². The maximum absolute atomic E-state index is 5.94. The highest BCUT2D eigenvalue weighted by Crippen LogP contribution is 2.18. The SMILES string of the molecule is C[N+](C)(Cc1cccc(Cl)c1)c1nn[nH]n1. The molecular formula is C10H13ClN5+. The summed E-state index contributed by atoms with van der Waals surface area (Å²) in [5.74, 6) is 0.653. The van der Waals surface area contributed by atoms with E-state index in [1.165, 1.54) is 0 Å². The Balaban J connectivity index is 2.21. The molecule has 1 N–H and O–H groups in total. The molecule has 0 radical (unpaired) electrons. The molecule has 0 bridgehead atoms. The van der Waals surface area contributed by atoms with Crippen molar-refractivity contribution in [2.24, 2.45) is 0 Å². The van der Waals surface area contributed by atoms with Gasteiger partial charge in [0, 0.05) is 10.6 Å². The van der Waals surface area contributed by atoms with Crippen molar-refractivity contribution in [2.75, 3.05) is 14.1 Å². The van der Waals surface area contributed by atoms with Gasteiger partial charge in [-0.1, -0.05) is 33.9 Å². The molecule has 0 spiro atoms. The minimum absolute atomic E-state index is 0.525. The topological polar surface area (TPSA) is 54.5 Å². The van der Waals surface area contributed by atoms with Crippen LogP contribution in [-0.4, -0.2) is 34.7 Å². The number of halogens is 1. The van der Waals surface area contributed by atoms with Gasteiger partial charge >= 0.3 is 5.95 Å². The van der Waals surface area contributed by atoms with Crippen molar-refractivity contribution in [3.63, 3.8) is 0 Å². The van der Waals surface area contributed by atoms with Crippen LogP contribution in [0.3, 0.4) is 0 Å². The number of quaternary nitrogens is 1. The molecule has 0 atom stereocenters. The Bertz CT molecular complexity index is 466. The summed E-state index contributed by atoms with van der Waals surface area (Å²) >= 11 is 5.94. The Labute approximate surface area is 98.6 Å². The number of tetrazole rings is 1. The average molecular weight is 239 g/mol. The van der Waals surface area contributed by atoms with Crippen LogP contribution in [0.2, 0.25) is 5.02 Å². The van der Waals surface area contributed by atoms with Crippen LogP contribution in [0.1, 0.15) is 5.56 Å². The number of aromatic amines is 1. The zero-order chi connectivity index (χ0) is 11.6. The van der Waals surface area contributed by atoms with Crippen LogP contribution in [0.5, 0.6) is 0 Å². The number of nitrogens with zero attached hydrogens (tertiary/aromatic N) is 4. The lowest BCUT2D eigenvalue weighted by atomic mass is 10.2. The summed E-state index contributed by atoms with van der Waals surface area (Å²) in [5.41, 5.74) is 1.14. The van der Waals surface area contributed by atoms with Gasteiger partial charge in [0.2, 0.25) is 0 Å². The van der Waals surface area contributed by atoms with E-state index < -0.39 is 0 Å². The Morgan fingerprint density at radius 1 is 1.38 bits per heavy atom. The molecule has 16 heavy (non-hydrogen) atoms. The fourth-order valence-corrected chi connectivity index (χ4v) is 1.79. The van der Waals surface area contributed by atoms with E-state index in [9.17, 15) is 0 Å². The third kappa shape index (κ3) is 2.37. The molecule has 1 aromatic carbocycles. The summed E-state index contributed by atoms with van der Waals surface area (Å²) < 4.78 is 0.525. The zero-order valence-electron chi connectivity index (χ0n) is 9.18. The smallest absolute Gasteiger partial charge is 0.256 e. The van der Waals surface area contributed by atoms with Gasteiger partial charge in [-0.25, -0.2) is 0 Å². The molecule has 2 rings (SSSR count). The monoisotopic (exact) mass is 238 g/mol. The van der Waals surface area contributed by atoms with Crippen molar-refractivity contribution < 1.29 is 0 Å². The third-order valence-corrected chi connectivity index (χ3v) is 2.58. The summed E-state index contributed by atoms with van der Waals surface area (Å²) in [7, 11) is 4.04. The summed E-state index contributed by atoms with van der Waals surface area (Å²) in [5, 5.41) is 14.8. The number of nitrogens with one attached hydrogen (secondary N) is 1. The van der Waals surface area contributed by atoms with Crippen LogP contribution in [0.15, 0.2) is 24.3 Å². The standard InChI is InChI=1S/C10H13ClN5/c1-16(2,10-12-14-15-13-10)7-8-4-3-5-9(11)6-8/h3-6H,7H2,1-2H3,(H,12,13,14,15)/q+1. The second-order valence-corrected chi connectivity index (χ2v) is 4.62. The predicted molar refractivity (Wildman–Crippen MR) is 63.0 cm³/mol. The molecule has 1 aromatic heterocycles. The average Bonchev–Trinajstić information content (AvgIpc) is 2.69. The van der Waals surface area contributed by atoms with Crippen molar-refractivity contribution in [1.29, 1.82) is 0 Å². The number of hydrogen-bond acceptors (Lipinski definition) is 3. The van der Waals surface area contributed by atoms with Crippen molar-refractivity contribution in [2.45, 2.75) is 6.54 Å². The second kappa shape index (κ2) is 4.19. The quantitative estimate of drug-likeness (QED) is 0.827. The Hall–Kier alpha value is -1.46. The van der Waals surface area contributed by atoms with Gasteiger partial charge in [-0.15, -0.1) is 0 Å². The van der Waals surface area contributed by atoms with Crippen molar-refractivity contribution in [3.05, 3.63) is 34.9 Å². The van der Waals surface area contributed by atoms with Gasteiger partial charge in [0.15, 0.2) is 0 Å². The van der Waals surface area contributed by atoms with E-state index >= 15 is 0 Å². The first-order valence-corrected chi connectivity index (χ1v) is 5.27. The van der Waals surface area contributed by atoms with Crippen molar-refractivity contribution in [1.82, 2.24) is 25.1 Å². The van der Waals surface area contributed by atoms with E-state index in [4.69, 9.17) is 11.6 Å². The normalized spacial score (nSPS) is 11.7. The maximum Gasteiger partial charge on any atom is 0.367 e. The van der Waals surface area contributed by atoms with E-state index in [1.54, 1.807) is 0 Å². The molecule has 0 unspecified atom stereocenters. The van der Waals surface area contributed by atoms with Gasteiger partial charge in [0.25, 0.3) is 0 Å². The number of H-pyrrole nitrogens is 1. The van der Waals surface area contributed by atoms with Gasteiger partial charge in [0.1, 0.15) is 6.54 Å². The highest BCUT2D eigenvalue weighted by Gasteiger charge is 2.24. The van der Waals surface area contributed by atoms with Gasteiger partial charge < -0.3 is 0 Å². The Morgan fingerprint density at radius 3 is 2.81 bits per heavy atom. The highest BCUT2D eigenvalue weighted by molar-refractivity contribution is 6.30. The van der Waals surface area contributed by atoms with Crippen LogP contribution < -0.4 is 4.48 Å². The molecule has 0 aliphatic carbocycles. The molecule has 6 heteroatoms. The highest BCUT2D eigenvalue weighted by atomic mass is 35.5. The minimum atomic E-state index is 0.525. The zero-order valence-corrected chi connectivity index (χ0v) is 9.94. The van der Waals surface area contributed by atoms with Crippen LogP contribution in [-0.2, 0) is 6.54 Å². The van der Waals surface area contributed by atoms with E-state index in [0.717, 1.165) is 17.1 Å². The first-order chi connectivity index (χ1) is 7.58. The number of aromatic nitrogens is 4. The lowest BCUT2D eigenvalue weighted by Gasteiger charge is -2.24. The molecule has 0 saturated heterocycles. The first kappa shape index (κ1) is 11.0. The summed E-state index contributed by atoms with van der Waals surface area (Å²) in [6.07, 6.45) is 0. The fourth-order valence-electron chi connectivity index (χ4n) is 1.58. The van der Waals surface area contributed by atoms with Gasteiger partial charge in [0.05, 0.1) is 14.1 Å². The Morgan fingerprint density at radius 2 is 2.19 bits per heavy atom. The fraction of sp³-hybridized carbons (Fsp3) is 0.300. The molecule has 0 aliphatic heterocycles. The predicted octanol–water partition coefficient (Wildman–Crippen LogP) is 1.62. The Kier molecular flexibility index (Phi) is 2.89. The number of hydrogen-bond donors (Lipinski definition) is 1. The summed E-state index contributed by atoms with van der Waals surface area (Å²) in [6.45, 7) is 0.764. The molecule has 84 valence electrons.